The van der Waals surface area contributed by atoms with Gasteiger partial charge in [0.05, 0.1) is 31.5 Å². The molecule has 132 valence electrons. The Labute approximate surface area is 164 Å². The fourth-order valence-corrected chi connectivity index (χ4v) is 2.83. The molecule has 0 atom stereocenters. The van der Waals surface area contributed by atoms with Crippen LogP contribution in [0.4, 0.5) is 0 Å². The van der Waals surface area contributed by atoms with E-state index in [1.807, 2.05) is 35.9 Å². The molecule has 0 fully saturated rings. The maximum atomic E-state index is 12.5. The van der Waals surface area contributed by atoms with Gasteiger partial charge in [0, 0.05) is 29.9 Å². The van der Waals surface area contributed by atoms with Crippen LogP contribution in [-0.4, -0.2) is 20.3 Å². The summed E-state index contributed by atoms with van der Waals surface area (Å²) in [5.41, 5.74) is 2.54. The van der Waals surface area contributed by atoms with Crippen molar-refractivity contribution in [3.63, 3.8) is 0 Å². The molecular weight excluding hydrogens is 334 g/mol. The Bertz CT molecular complexity index is 1370. The molecule has 2 aromatic heterocycles. The average molecular weight is 358 g/mol. The molecule has 0 saturated carbocycles. The largest absolute Gasteiger partial charge is 0.334 e. The van der Waals surface area contributed by atoms with Gasteiger partial charge in [-0.3, -0.25) is 9.78 Å². The standard InChI is InChI=1S/C23H19N3O/c1-26-16-24-15-23(26)18-8-9-19-14-25-21(12-20(19)11-18)13-22(27)10-7-17-5-3-2-4-6-17/h2-12,14-16H,13H2,1H3/b10-7+/i2D,3D,4D,5D,6D. The Morgan fingerprint density at radius 1 is 1.15 bits per heavy atom. The summed E-state index contributed by atoms with van der Waals surface area (Å²) in [4.78, 5) is 21.0. The van der Waals surface area contributed by atoms with E-state index in [-0.39, 0.29) is 29.9 Å². The lowest BCUT2D eigenvalue weighted by atomic mass is 10.0. The Kier molecular flexibility index (Phi) is 3.27. The molecule has 0 N–H and O–H groups in total. The van der Waals surface area contributed by atoms with Gasteiger partial charge in [-0.25, -0.2) is 4.98 Å². The first kappa shape index (κ1) is 12.0. The van der Waals surface area contributed by atoms with Crippen molar-refractivity contribution in [2.45, 2.75) is 6.42 Å². The summed E-state index contributed by atoms with van der Waals surface area (Å²) in [5.74, 6) is -0.286. The SMILES string of the molecule is [2H]c1c([2H])c([2H])c(/C=C/C(=O)Cc2cc3cc(-c4cncn4C)ccc3cn2)c([2H])c1[2H]. The van der Waals surface area contributed by atoms with Gasteiger partial charge in [0.2, 0.25) is 0 Å². The number of aryl methyl sites for hydroxylation is 1. The summed E-state index contributed by atoms with van der Waals surface area (Å²) < 4.78 is 40.9. The zero-order valence-electron chi connectivity index (χ0n) is 19.7. The number of pyridine rings is 1. The van der Waals surface area contributed by atoms with E-state index in [2.05, 4.69) is 9.97 Å². The number of imidazole rings is 1. The van der Waals surface area contributed by atoms with E-state index in [1.165, 1.54) is 12.2 Å². The third-order valence-electron chi connectivity index (χ3n) is 4.20. The van der Waals surface area contributed by atoms with E-state index >= 15 is 0 Å². The molecule has 0 spiro atoms. The van der Waals surface area contributed by atoms with Crippen molar-refractivity contribution in [2.75, 3.05) is 0 Å². The fraction of sp³-hybridized carbons (Fsp3) is 0.0870. The van der Waals surface area contributed by atoms with Crippen LogP contribution < -0.4 is 0 Å². The normalized spacial score (nSPS) is 13.9. The van der Waals surface area contributed by atoms with Gasteiger partial charge in [0.15, 0.2) is 5.78 Å². The van der Waals surface area contributed by atoms with Gasteiger partial charge in [-0.05, 0) is 29.2 Å². The third-order valence-corrected chi connectivity index (χ3v) is 4.20. The quantitative estimate of drug-likeness (QED) is 0.495. The Morgan fingerprint density at radius 3 is 2.78 bits per heavy atom. The van der Waals surface area contributed by atoms with Crippen LogP contribution >= 0.6 is 0 Å². The number of hydrogen-bond acceptors (Lipinski definition) is 3. The number of carbonyl (C=O) groups excluding carboxylic acids is 1. The van der Waals surface area contributed by atoms with Crippen LogP contribution in [-0.2, 0) is 18.3 Å². The molecule has 2 aromatic carbocycles. The zero-order valence-corrected chi connectivity index (χ0v) is 14.7. The smallest absolute Gasteiger partial charge is 0.161 e. The van der Waals surface area contributed by atoms with E-state index in [1.54, 1.807) is 18.7 Å². The number of carbonyl (C=O) groups is 1. The van der Waals surface area contributed by atoms with Crippen LogP contribution in [0, 0.1) is 0 Å². The van der Waals surface area contributed by atoms with Gasteiger partial charge in [0.25, 0.3) is 0 Å². The molecular formula is C23H19N3O. The molecule has 4 nitrogen and oxygen atoms in total. The minimum atomic E-state index is -0.464. The van der Waals surface area contributed by atoms with Crippen molar-refractivity contribution in [3.05, 3.63) is 90.5 Å². The summed E-state index contributed by atoms with van der Waals surface area (Å²) in [5, 5.41) is 1.89. The molecule has 4 rings (SSSR count). The highest BCUT2D eigenvalue weighted by Crippen LogP contribution is 2.24. The lowest BCUT2D eigenvalue weighted by Gasteiger charge is -2.06. The van der Waals surface area contributed by atoms with Gasteiger partial charge < -0.3 is 4.57 Å². The maximum Gasteiger partial charge on any atom is 0.161 e. The van der Waals surface area contributed by atoms with Crippen molar-refractivity contribution < 1.29 is 11.6 Å². The number of fused-ring (bicyclic) bond motifs is 1. The Hall–Kier alpha value is -3.53. The highest BCUT2D eigenvalue weighted by Gasteiger charge is 2.06. The van der Waals surface area contributed by atoms with E-state index < -0.39 is 18.1 Å². The Morgan fingerprint density at radius 2 is 2.00 bits per heavy atom. The molecule has 0 aliphatic rings. The number of hydrogen-bond donors (Lipinski definition) is 0. The van der Waals surface area contributed by atoms with Crippen molar-refractivity contribution in [1.29, 1.82) is 0 Å². The molecule has 0 amide bonds. The van der Waals surface area contributed by atoms with E-state index in [0.29, 0.717) is 5.69 Å². The first-order valence-electron chi connectivity index (χ1n) is 10.9. The van der Waals surface area contributed by atoms with Crippen molar-refractivity contribution in [2.24, 2.45) is 7.05 Å². The predicted octanol–water partition coefficient (Wildman–Crippen LogP) is 4.46. The van der Waals surface area contributed by atoms with Gasteiger partial charge in [0.1, 0.15) is 0 Å². The van der Waals surface area contributed by atoms with Crippen molar-refractivity contribution in [3.8, 4) is 11.3 Å². The summed E-state index contributed by atoms with van der Waals surface area (Å²) in [7, 11) is 1.92. The average Bonchev–Trinajstić information content (AvgIpc) is 3.21. The lowest BCUT2D eigenvalue weighted by molar-refractivity contribution is -0.114. The van der Waals surface area contributed by atoms with E-state index in [0.717, 1.165) is 22.0 Å². The molecule has 0 unspecified atom stereocenters. The van der Waals surface area contributed by atoms with Crippen LogP contribution in [0.15, 0.2) is 79.3 Å². The highest BCUT2D eigenvalue weighted by atomic mass is 16.1. The van der Waals surface area contributed by atoms with Gasteiger partial charge in [-0.2, -0.15) is 0 Å². The van der Waals surface area contributed by atoms with Crippen LogP contribution in [0.3, 0.4) is 0 Å². The van der Waals surface area contributed by atoms with Crippen LogP contribution in [0.2, 0.25) is 0 Å². The minimum Gasteiger partial charge on any atom is -0.334 e. The van der Waals surface area contributed by atoms with Crippen LogP contribution in [0.1, 0.15) is 18.1 Å². The highest BCUT2D eigenvalue weighted by molar-refractivity contribution is 5.95. The number of rotatable bonds is 5. The van der Waals surface area contributed by atoms with Crippen molar-refractivity contribution in [1.82, 2.24) is 14.5 Å². The third kappa shape index (κ3) is 3.85. The number of allylic oxidation sites excluding steroid dienone is 1. The number of ketones is 1. The zero-order chi connectivity index (χ0) is 23.0. The first-order chi connectivity index (χ1) is 15.3. The minimum absolute atomic E-state index is 0.0170. The maximum absolute atomic E-state index is 12.5. The summed E-state index contributed by atoms with van der Waals surface area (Å²) in [6.07, 6.45) is 7.76. The first-order valence-corrected chi connectivity index (χ1v) is 8.39. The number of aromatic nitrogens is 3. The predicted molar refractivity (Wildman–Crippen MR) is 108 cm³/mol. The van der Waals surface area contributed by atoms with Gasteiger partial charge >= 0.3 is 0 Å². The molecule has 0 aliphatic heterocycles. The molecule has 0 bridgehead atoms. The number of nitrogens with zero attached hydrogens (tertiary/aromatic N) is 3. The van der Waals surface area contributed by atoms with E-state index in [4.69, 9.17) is 6.85 Å². The second-order valence-corrected chi connectivity index (χ2v) is 6.14. The fourth-order valence-electron chi connectivity index (χ4n) is 2.83. The monoisotopic (exact) mass is 358 g/mol. The molecule has 4 aromatic rings. The second-order valence-electron chi connectivity index (χ2n) is 6.14. The molecule has 4 heteroatoms. The van der Waals surface area contributed by atoms with Crippen molar-refractivity contribution >= 4 is 22.6 Å². The van der Waals surface area contributed by atoms with E-state index in [9.17, 15) is 4.79 Å². The summed E-state index contributed by atoms with van der Waals surface area (Å²) in [6, 6.07) is 5.82. The van der Waals surface area contributed by atoms with Gasteiger partial charge in [-0.15, -0.1) is 0 Å². The molecule has 2 heterocycles. The van der Waals surface area contributed by atoms with Gasteiger partial charge in [-0.1, -0.05) is 48.4 Å². The van der Waals surface area contributed by atoms with Crippen LogP contribution in [0.5, 0.6) is 0 Å². The lowest BCUT2D eigenvalue weighted by Crippen LogP contribution is -2.00. The second kappa shape index (κ2) is 7.38. The molecule has 0 aliphatic carbocycles. The molecule has 0 radical (unpaired) electrons. The summed E-state index contributed by atoms with van der Waals surface area (Å²) >= 11 is 0. The Balaban J connectivity index is 1.58. The molecule has 0 saturated heterocycles. The topological polar surface area (TPSA) is 47.8 Å². The number of benzene rings is 2. The summed E-state index contributed by atoms with van der Waals surface area (Å²) in [6.45, 7) is 0. The van der Waals surface area contributed by atoms with Crippen LogP contribution in [0.25, 0.3) is 28.1 Å². The molecule has 27 heavy (non-hydrogen) atoms.